The minimum atomic E-state index is -3.63. The van der Waals surface area contributed by atoms with E-state index in [2.05, 4.69) is 20.2 Å². The highest BCUT2D eigenvalue weighted by Crippen LogP contribution is 2.19. The third-order valence-corrected chi connectivity index (χ3v) is 4.98. The second kappa shape index (κ2) is 6.21. The van der Waals surface area contributed by atoms with Crippen molar-refractivity contribution in [2.75, 3.05) is 13.2 Å². The lowest BCUT2D eigenvalue weighted by atomic mass is 10.2. The molecule has 7 nitrogen and oxygen atoms in total. The van der Waals surface area contributed by atoms with Crippen LogP contribution in [-0.2, 0) is 21.3 Å². The van der Waals surface area contributed by atoms with Crippen molar-refractivity contribution in [3.05, 3.63) is 11.3 Å². The summed E-state index contributed by atoms with van der Waals surface area (Å²) in [5.41, 5.74) is 1.45. The quantitative estimate of drug-likeness (QED) is 0.701. The van der Waals surface area contributed by atoms with E-state index in [1.54, 1.807) is 0 Å². The number of aryl methyl sites for hydroxylation is 1. The highest BCUT2D eigenvalue weighted by atomic mass is 32.2. The second-order valence-electron chi connectivity index (χ2n) is 5.01. The van der Waals surface area contributed by atoms with Crippen LogP contribution in [0, 0.1) is 6.92 Å². The van der Waals surface area contributed by atoms with Crippen LogP contribution in [0.1, 0.15) is 31.5 Å². The lowest BCUT2D eigenvalue weighted by Gasteiger charge is -2.15. The molecule has 0 spiro atoms. The number of H-pyrrole nitrogens is 1. The second-order valence-corrected chi connectivity index (χ2v) is 6.63. The van der Waals surface area contributed by atoms with E-state index in [9.17, 15) is 8.42 Å². The predicted octanol–water partition coefficient (Wildman–Crippen LogP) is 0.283. The molecule has 2 atom stereocenters. The average molecular weight is 302 g/mol. The Bertz CT molecular complexity index is 555. The van der Waals surface area contributed by atoms with Gasteiger partial charge in [0.1, 0.15) is 0 Å². The molecule has 1 saturated heterocycles. The molecular formula is C12H22N4O3S. The van der Waals surface area contributed by atoms with Gasteiger partial charge in [0.05, 0.1) is 12.1 Å². The fourth-order valence-corrected chi connectivity index (χ4v) is 3.79. The van der Waals surface area contributed by atoms with Crippen LogP contribution in [-0.4, -0.2) is 43.9 Å². The van der Waals surface area contributed by atoms with Crippen LogP contribution in [0.5, 0.6) is 0 Å². The normalized spacial score (nSPS) is 23.4. The van der Waals surface area contributed by atoms with Crippen LogP contribution < -0.4 is 10.0 Å². The third-order valence-electron chi connectivity index (χ3n) is 3.53. The number of hydrogen-bond donors (Lipinski definition) is 3. The molecule has 1 aliphatic heterocycles. The van der Waals surface area contributed by atoms with Crippen LogP contribution >= 0.6 is 0 Å². The third kappa shape index (κ3) is 3.20. The van der Waals surface area contributed by atoms with Gasteiger partial charge in [-0.25, -0.2) is 13.1 Å². The van der Waals surface area contributed by atoms with Gasteiger partial charge in [0.25, 0.3) is 10.0 Å². The van der Waals surface area contributed by atoms with Gasteiger partial charge in [-0.15, -0.1) is 0 Å². The zero-order valence-electron chi connectivity index (χ0n) is 12.1. The summed E-state index contributed by atoms with van der Waals surface area (Å²) in [7, 11) is -3.63. The molecule has 0 bridgehead atoms. The molecule has 3 N–H and O–H groups in total. The van der Waals surface area contributed by atoms with Gasteiger partial charge in [-0.3, -0.25) is 5.10 Å². The van der Waals surface area contributed by atoms with Gasteiger partial charge in [-0.2, -0.15) is 5.10 Å². The van der Waals surface area contributed by atoms with Crippen LogP contribution in [0.25, 0.3) is 0 Å². The maximum atomic E-state index is 12.5. The molecule has 2 unspecified atom stereocenters. The lowest BCUT2D eigenvalue weighted by molar-refractivity contribution is 0.117. The first-order valence-electron chi connectivity index (χ1n) is 6.84. The zero-order valence-corrected chi connectivity index (χ0v) is 12.9. The SMILES string of the molecule is CCNCc1c(S(=O)(=O)NC2CCOC2C)n[nH]c1C. The summed E-state index contributed by atoms with van der Waals surface area (Å²) < 4.78 is 33.0. The average Bonchev–Trinajstić information content (AvgIpc) is 2.94. The first-order chi connectivity index (χ1) is 9.45. The van der Waals surface area contributed by atoms with Crippen molar-refractivity contribution < 1.29 is 13.2 Å². The summed E-state index contributed by atoms with van der Waals surface area (Å²) in [6, 6.07) is -0.191. The van der Waals surface area contributed by atoms with Crippen LogP contribution in [0.15, 0.2) is 5.03 Å². The van der Waals surface area contributed by atoms with Crippen molar-refractivity contribution in [2.45, 2.75) is 50.9 Å². The molecule has 2 heterocycles. The van der Waals surface area contributed by atoms with Crippen molar-refractivity contribution in [1.29, 1.82) is 0 Å². The lowest BCUT2D eigenvalue weighted by Crippen LogP contribution is -2.39. The van der Waals surface area contributed by atoms with E-state index in [0.29, 0.717) is 25.1 Å². The molecule has 0 aliphatic carbocycles. The Labute approximate surface area is 119 Å². The van der Waals surface area contributed by atoms with Gasteiger partial charge >= 0.3 is 0 Å². The van der Waals surface area contributed by atoms with Gasteiger partial charge in [-0.1, -0.05) is 6.92 Å². The Kier molecular flexibility index (Phi) is 4.79. The molecule has 8 heteroatoms. The van der Waals surface area contributed by atoms with E-state index >= 15 is 0 Å². The first-order valence-corrected chi connectivity index (χ1v) is 8.32. The number of aromatic amines is 1. The van der Waals surface area contributed by atoms with Crippen molar-refractivity contribution in [1.82, 2.24) is 20.2 Å². The van der Waals surface area contributed by atoms with Crippen LogP contribution in [0.3, 0.4) is 0 Å². The van der Waals surface area contributed by atoms with E-state index in [4.69, 9.17) is 4.74 Å². The number of nitrogens with zero attached hydrogens (tertiary/aromatic N) is 1. The van der Waals surface area contributed by atoms with Crippen molar-refractivity contribution in [2.24, 2.45) is 0 Å². The van der Waals surface area contributed by atoms with Crippen LogP contribution in [0.4, 0.5) is 0 Å². The van der Waals surface area contributed by atoms with Gasteiger partial charge in [0.15, 0.2) is 5.03 Å². The summed E-state index contributed by atoms with van der Waals surface area (Å²) in [6.45, 7) is 7.49. The number of hydrogen-bond acceptors (Lipinski definition) is 5. The molecule has 2 rings (SSSR count). The van der Waals surface area contributed by atoms with E-state index in [1.165, 1.54) is 0 Å². The number of aromatic nitrogens is 2. The molecule has 1 aromatic heterocycles. The topological polar surface area (TPSA) is 96.1 Å². The molecule has 0 aromatic carbocycles. The smallest absolute Gasteiger partial charge is 0.260 e. The molecule has 0 radical (unpaired) electrons. The Hall–Kier alpha value is -0.960. The molecule has 1 fully saturated rings. The Morgan fingerprint density at radius 2 is 2.25 bits per heavy atom. The van der Waals surface area contributed by atoms with Gasteiger partial charge in [0.2, 0.25) is 0 Å². The fraction of sp³-hybridized carbons (Fsp3) is 0.750. The number of nitrogens with one attached hydrogen (secondary N) is 3. The first kappa shape index (κ1) is 15.4. The standard InChI is InChI=1S/C12H22N4O3S/c1-4-13-7-10-8(2)14-15-12(10)20(17,18)16-11-5-6-19-9(11)3/h9,11,13,16H,4-7H2,1-3H3,(H,14,15). The molecule has 114 valence electrons. The number of rotatable bonds is 6. The maximum Gasteiger partial charge on any atom is 0.260 e. The molecule has 1 aliphatic rings. The van der Waals surface area contributed by atoms with Crippen molar-refractivity contribution >= 4 is 10.0 Å². The van der Waals surface area contributed by atoms with E-state index in [1.807, 2.05) is 20.8 Å². The summed E-state index contributed by atoms with van der Waals surface area (Å²) >= 11 is 0. The van der Waals surface area contributed by atoms with Crippen LogP contribution in [0.2, 0.25) is 0 Å². The summed E-state index contributed by atoms with van der Waals surface area (Å²) in [6.07, 6.45) is 0.578. The molecule has 0 saturated carbocycles. The highest BCUT2D eigenvalue weighted by Gasteiger charge is 2.32. The molecular weight excluding hydrogens is 280 g/mol. The molecule has 0 amide bonds. The van der Waals surface area contributed by atoms with Gasteiger partial charge in [-0.05, 0) is 26.8 Å². The summed E-state index contributed by atoms with van der Waals surface area (Å²) in [5.74, 6) is 0. The summed E-state index contributed by atoms with van der Waals surface area (Å²) in [5, 5.41) is 9.91. The zero-order chi connectivity index (χ0) is 14.8. The number of ether oxygens (including phenoxy) is 1. The Balaban J connectivity index is 2.20. The van der Waals surface area contributed by atoms with E-state index in [-0.39, 0.29) is 17.2 Å². The maximum absolute atomic E-state index is 12.5. The highest BCUT2D eigenvalue weighted by molar-refractivity contribution is 7.89. The monoisotopic (exact) mass is 302 g/mol. The predicted molar refractivity (Wildman–Crippen MR) is 74.8 cm³/mol. The fourth-order valence-electron chi connectivity index (χ4n) is 2.25. The van der Waals surface area contributed by atoms with E-state index in [0.717, 1.165) is 12.2 Å². The minimum absolute atomic E-state index is 0.0788. The molecule has 20 heavy (non-hydrogen) atoms. The van der Waals surface area contributed by atoms with E-state index < -0.39 is 10.0 Å². The number of sulfonamides is 1. The van der Waals surface area contributed by atoms with Crippen molar-refractivity contribution in [3.63, 3.8) is 0 Å². The van der Waals surface area contributed by atoms with Crippen molar-refractivity contribution in [3.8, 4) is 0 Å². The summed E-state index contributed by atoms with van der Waals surface area (Å²) in [4.78, 5) is 0. The largest absolute Gasteiger partial charge is 0.377 e. The minimum Gasteiger partial charge on any atom is -0.377 e. The molecule has 1 aromatic rings. The Morgan fingerprint density at radius 1 is 1.50 bits per heavy atom. The Morgan fingerprint density at radius 3 is 2.85 bits per heavy atom. The van der Waals surface area contributed by atoms with Gasteiger partial charge < -0.3 is 10.1 Å². The van der Waals surface area contributed by atoms with Gasteiger partial charge in [0, 0.05) is 24.4 Å².